The van der Waals surface area contributed by atoms with Crippen molar-refractivity contribution in [3.8, 4) is 0 Å². The average molecular weight is 481 g/mol. The summed E-state index contributed by atoms with van der Waals surface area (Å²) in [6.07, 6.45) is 2.42. The van der Waals surface area contributed by atoms with Gasteiger partial charge in [-0.25, -0.2) is 0 Å². The zero-order chi connectivity index (χ0) is 23.8. The van der Waals surface area contributed by atoms with Gasteiger partial charge in [0.2, 0.25) is 11.6 Å². The van der Waals surface area contributed by atoms with Crippen LogP contribution in [0.1, 0.15) is 41.0 Å². The van der Waals surface area contributed by atoms with Crippen LogP contribution in [0.2, 0.25) is 18.1 Å². The molecule has 1 fully saturated rings. The normalized spacial score (nSPS) is 33.5. The Morgan fingerprint density at radius 3 is 2.19 bits per heavy atom. The van der Waals surface area contributed by atoms with E-state index in [0.717, 1.165) is 12.2 Å². The second-order valence-corrected chi connectivity index (χ2v) is 16.3. The van der Waals surface area contributed by atoms with Crippen LogP contribution >= 0.6 is 11.8 Å². The molecule has 0 saturated carbocycles. The van der Waals surface area contributed by atoms with Gasteiger partial charge in [-0.1, -0.05) is 50.6 Å². The Kier molecular flexibility index (Phi) is 7.72. The molecule has 5 nitrogen and oxygen atoms in total. The first kappa shape index (κ1) is 25.9. The van der Waals surface area contributed by atoms with Crippen molar-refractivity contribution in [1.82, 2.24) is 0 Å². The van der Waals surface area contributed by atoms with Gasteiger partial charge in [-0.3, -0.25) is 0 Å². The summed E-state index contributed by atoms with van der Waals surface area (Å²) < 4.78 is 31.6. The maximum Gasteiger partial charge on any atom is 0.220 e. The SMILES string of the molecule is CO[C@@]1(C)O[C@@H]2[C@H](O[Si](C)(C)C(C)(C)C)C=C(CSc3ccccc3)C[C@H]2O[C@]1(C)OC. The highest BCUT2D eigenvalue weighted by atomic mass is 32.2. The summed E-state index contributed by atoms with van der Waals surface area (Å²) in [5, 5.41) is 0.0911. The van der Waals surface area contributed by atoms with E-state index in [4.69, 9.17) is 23.4 Å². The molecule has 0 bridgehead atoms. The minimum atomic E-state index is -2.04. The van der Waals surface area contributed by atoms with Gasteiger partial charge in [-0.05, 0) is 50.5 Å². The Morgan fingerprint density at radius 2 is 1.62 bits per heavy atom. The first-order valence-corrected chi connectivity index (χ1v) is 15.2. The van der Waals surface area contributed by atoms with Crippen molar-refractivity contribution in [2.24, 2.45) is 0 Å². The van der Waals surface area contributed by atoms with Crippen molar-refractivity contribution in [2.45, 2.75) is 94.0 Å². The summed E-state index contributed by atoms with van der Waals surface area (Å²) in [5.41, 5.74) is 1.31. The van der Waals surface area contributed by atoms with Gasteiger partial charge in [0.15, 0.2) is 8.32 Å². The topological polar surface area (TPSA) is 46.2 Å². The number of hydrogen-bond acceptors (Lipinski definition) is 6. The van der Waals surface area contributed by atoms with Gasteiger partial charge in [-0.15, -0.1) is 11.8 Å². The lowest BCUT2D eigenvalue weighted by molar-refractivity contribution is -0.452. The van der Waals surface area contributed by atoms with Crippen LogP contribution < -0.4 is 0 Å². The minimum Gasteiger partial charge on any atom is -0.408 e. The van der Waals surface area contributed by atoms with Crippen molar-refractivity contribution in [1.29, 1.82) is 0 Å². The van der Waals surface area contributed by atoms with Crippen LogP contribution in [0.25, 0.3) is 0 Å². The van der Waals surface area contributed by atoms with Crippen LogP contribution in [-0.2, 0) is 23.4 Å². The van der Waals surface area contributed by atoms with Crippen molar-refractivity contribution in [3.05, 3.63) is 42.0 Å². The molecule has 0 amide bonds. The van der Waals surface area contributed by atoms with Crippen molar-refractivity contribution >= 4 is 20.1 Å². The van der Waals surface area contributed by atoms with Gasteiger partial charge in [0.1, 0.15) is 6.10 Å². The molecule has 1 saturated heterocycles. The number of thioether (sulfide) groups is 1. The largest absolute Gasteiger partial charge is 0.408 e. The fourth-order valence-corrected chi connectivity index (χ4v) is 6.03. The summed E-state index contributed by atoms with van der Waals surface area (Å²) in [4.78, 5) is 1.26. The van der Waals surface area contributed by atoms with Crippen molar-refractivity contribution < 1.29 is 23.4 Å². The van der Waals surface area contributed by atoms with E-state index in [-0.39, 0.29) is 23.4 Å². The quantitative estimate of drug-likeness (QED) is 0.271. The molecule has 3 rings (SSSR count). The molecule has 0 N–H and O–H groups in total. The van der Waals surface area contributed by atoms with E-state index in [1.807, 2.05) is 31.7 Å². The second-order valence-electron chi connectivity index (χ2n) is 10.5. The van der Waals surface area contributed by atoms with Gasteiger partial charge in [0, 0.05) is 24.9 Å². The summed E-state index contributed by atoms with van der Waals surface area (Å²) in [7, 11) is 1.22. The summed E-state index contributed by atoms with van der Waals surface area (Å²) in [6, 6.07) is 10.5. The Hall–Kier alpha value is -0.673. The van der Waals surface area contributed by atoms with Crippen molar-refractivity contribution in [2.75, 3.05) is 20.0 Å². The minimum absolute atomic E-state index is 0.0911. The molecule has 1 aromatic rings. The molecule has 1 heterocycles. The molecule has 0 spiro atoms. The molecule has 1 aromatic carbocycles. The third kappa shape index (κ3) is 5.19. The lowest BCUT2D eigenvalue weighted by Gasteiger charge is -2.55. The van der Waals surface area contributed by atoms with Crippen LogP contribution in [0, 0.1) is 0 Å². The zero-order valence-corrected chi connectivity index (χ0v) is 22.9. The van der Waals surface area contributed by atoms with E-state index < -0.39 is 19.9 Å². The van der Waals surface area contributed by atoms with Gasteiger partial charge in [0.05, 0.1) is 12.2 Å². The third-order valence-electron chi connectivity index (χ3n) is 7.30. The predicted octanol–water partition coefficient (Wildman–Crippen LogP) is 6.01. The highest BCUT2D eigenvalue weighted by Crippen LogP contribution is 2.46. The Balaban J connectivity index is 1.90. The molecule has 0 aromatic heterocycles. The molecule has 180 valence electrons. The number of ether oxygens (including phenoxy) is 4. The van der Waals surface area contributed by atoms with E-state index in [1.165, 1.54) is 10.5 Å². The molecule has 32 heavy (non-hydrogen) atoms. The second kappa shape index (κ2) is 9.53. The standard InChI is InChI=1S/C25H40O5SSi/c1-23(2,3)32(8,9)30-21-16-18(17-31-19-13-11-10-12-14-19)15-20-22(21)29-25(5,27-7)24(4,26-6)28-20/h10-14,16,20-22H,15,17H2,1-9H3/t20-,21-,22+,24+,25+/m1/s1. The monoisotopic (exact) mass is 480 g/mol. The Bertz CT molecular complexity index is 808. The lowest BCUT2D eigenvalue weighted by atomic mass is 9.90. The summed E-state index contributed by atoms with van der Waals surface area (Å²) in [5.74, 6) is -1.17. The Morgan fingerprint density at radius 1 is 1.03 bits per heavy atom. The van der Waals surface area contributed by atoms with E-state index in [9.17, 15) is 0 Å². The number of fused-ring (bicyclic) bond motifs is 1. The Labute approximate surface area is 199 Å². The number of hydrogen-bond donors (Lipinski definition) is 0. The lowest BCUT2D eigenvalue weighted by Crippen LogP contribution is -2.68. The molecule has 1 aliphatic carbocycles. The van der Waals surface area contributed by atoms with Crippen LogP contribution in [0.5, 0.6) is 0 Å². The van der Waals surface area contributed by atoms with Crippen LogP contribution in [-0.4, -0.2) is 58.2 Å². The van der Waals surface area contributed by atoms with E-state index in [0.29, 0.717) is 0 Å². The molecular formula is C25H40O5SSi. The molecule has 7 heteroatoms. The number of rotatable bonds is 7. The maximum absolute atomic E-state index is 6.89. The highest BCUT2D eigenvalue weighted by Gasteiger charge is 2.59. The highest BCUT2D eigenvalue weighted by molar-refractivity contribution is 7.99. The van der Waals surface area contributed by atoms with Crippen LogP contribution in [0.3, 0.4) is 0 Å². The average Bonchev–Trinajstić information content (AvgIpc) is 2.73. The number of benzene rings is 1. The van der Waals surface area contributed by atoms with Gasteiger partial charge < -0.3 is 23.4 Å². The molecule has 1 aliphatic heterocycles. The molecule has 0 unspecified atom stereocenters. The van der Waals surface area contributed by atoms with Crippen molar-refractivity contribution in [3.63, 3.8) is 0 Å². The fraction of sp³-hybridized carbons (Fsp3) is 0.680. The van der Waals surface area contributed by atoms with E-state index >= 15 is 0 Å². The van der Waals surface area contributed by atoms with Crippen LogP contribution in [0.4, 0.5) is 0 Å². The van der Waals surface area contributed by atoms with Gasteiger partial charge >= 0.3 is 0 Å². The summed E-state index contributed by atoms with van der Waals surface area (Å²) in [6.45, 7) is 15.1. The zero-order valence-electron chi connectivity index (χ0n) is 21.1. The predicted molar refractivity (Wildman–Crippen MR) is 133 cm³/mol. The van der Waals surface area contributed by atoms with Gasteiger partial charge in [-0.2, -0.15) is 0 Å². The first-order chi connectivity index (χ1) is 14.8. The summed E-state index contributed by atoms with van der Waals surface area (Å²) >= 11 is 1.84. The third-order valence-corrected chi connectivity index (χ3v) is 12.9. The molecular weight excluding hydrogens is 440 g/mol. The molecule has 5 atom stereocenters. The fourth-order valence-electron chi connectivity index (χ4n) is 3.88. The smallest absolute Gasteiger partial charge is 0.220 e. The molecule has 2 aliphatic rings. The van der Waals surface area contributed by atoms with Crippen LogP contribution in [0.15, 0.2) is 46.9 Å². The van der Waals surface area contributed by atoms with E-state index in [2.05, 4.69) is 64.2 Å². The molecule has 0 radical (unpaired) electrons. The number of methoxy groups -OCH3 is 2. The maximum atomic E-state index is 6.89. The van der Waals surface area contributed by atoms with Gasteiger partial charge in [0.25, 0.3) is 0 Å². The first-order valence-electron chi connectivity index (χ1n) is 11.4. The van der Waals surface area contributed by atoms with E-state index in [1.54, 1.807) is 14.2 Å².